The Bertz CT molecular complexity index is 1150. The number of furan rings is 1. The molecule has 8 nitrogen and oxygen atoms in total. The lowest BCUT2D eigenvalue weighted by molar-refractivity contribution is -0.384. The second kappa shape index (κ2) is 7.26. The smallest absolute Gasteiger partial charge is 0.280 e. The van der Waals surface area contributed by atoms with Crippen molar-refractivity contribution in [1.82, 2.24) is 10.2 Å². The quantitative estimate of drug-likeness (QED) is 0.482. The summed E-state index contributed by atoms with van der Waals surface area (Å²) in [4.78, 5) is 27.4. The summed E-state index contributed by atoms with van der Waals surface area (Å²) in [7, 11) is 0. The van der Waals surface area contributed by atoms with Gasteiger partial charge in [0.15, 0.2) is 6.17 Å². The number of fused-ring (bicyclic) bond motifs is 3. The summed E-state index contributed by atoms with van der Waals surface area (Å²) in [6.45, 7) is 4.96. The molecule has 30 heavy (non-hydrogen) atoms. The van der Waals surface area contributed by atoms with Crippen LogP contribution in [0, 0.1) is 10.1 Å². The summed E-state index contributed by atoms with van der Waals surface area (Å²) in [5, 5.41) is 18.5. The van der Waals surface area contributed by atoms with Gasteiger partial charge in [-0.05, 0) is 36.7 Å². The van der Waals surface area contributed by atoms with Gasteiger partial charge in [0, 0.05) is 24.0 Å². The summed E-state index contributed by atoms with van der Waals surface area (Å²) < 4.78 is 5.91. The summed E-state index contributed by atoms with van der Waals surface area (Å²) >= 11 is 1.62. The van der Waals surface area contributed by atoms with E-state index in [4.69, 9.17) is 4.42 Å². The minimum absolute atomic E-state index is 0.0206. The fourth-order valence-electron chi connectivity index (χ4n) is 4.07. The summed E-state index contributed by atoms with van der Waals surface area (Å²) in [5.74, 6) is 0.784. The van der Waals surface area contributed by atoms with Crippen LogP contribution in [0.5, 0.6) is 0 Å². The number of likely N-dealkylation sites (N-methyl/N-ethyl adjacent to an activating group) is 1. The average Bonchev–Trinajstić information content (AvgIpc) is 3.38. The van der Waals surface area contributed by atoms with Crippen LogP contribution in [0.4, 0.5) is 10.7 Å². The van der Waals surface area contributed by atoms with E-state index in [9.17, 15) is 14.9 Å². The Hall–Kier alpha value is -3.17. The van der Waals surface area contributed by atoms with E-state index < -0.39 is 11.1 Å². The Labute approximate surface area is 176 Å². The number of carbonyl (C=O) groups excluding carboxylic acids is 1. The molecule has 9 heteroatoms. The minimum atomic E-state index is -0.524. The zero-order chi connectivity index (χ0) is 20.8. The number of anilines is 1. The molecule has 2 aliphatic rings. The van der Waals surface area contributed by atoms with Gasteiger partial charge in [-0.25, -0.2) is 0 Å². The van der Waals surface area contributed by atoms with E-state index in [2.05, 4.69) is 22.5 Å². The van der Waals surface area contributed by atoms with E-state index in [1.807, 2.05) is 0 Å². The topological polar surface area (TPSA) is 101 Å². The Morgan fingerprint density at radius 2 is 2.10 bits per heavy atom. The molecule has 0 bridgehead atoms. The van der Waals surface area contributed by atoms with Crippen molar-refractivity contribution in [3.8, 4) is 11.3 Å². The van der Waals surface area contributed by atoms with Gasteiger partial charge in [-0.1, -0.05) is 19.1 Å². The zero-order valence-electron chi connectivity index (χ0n) is 16.3. The van der Waals surface area contributed by atoms with Gasteiger partial charge >= 0.3 is 0 Å². The Kier molecular flexibility index (Phi) is 4.56. The molecule has 3 aromatic rings. The number of benzene rings is 1. The first kappa shape index (κ1) is 18.8. The minimum Gasteiger partial charge on any atom is -0.457 e. The van der Waals surface area contributed by atoms with Crippen LogP contribution in [0.3, 0.4) is 0 Å². The lowest BCUT2D eigenvalue weighted by Crippen LogP contribution is -2.38. The molecule has 1 atom stereocenters. The highest BCUT2D eigenvalue weighted by Crippen LogP contribution is 2.41. The number of nitrogens with one attached hydrogen (secondary N) is 2. The standard InChI is InChI=1S/C21H20N4O4S/c1-2-24-10-9-13-17(11-24)30-21-18(13)20(26)22-19(23-21)16-8-7-15(29-16)12-5-3-4-6-14(12)25(27)28/h3-8,19,23H,2,9-11H2,1H3,(H,22,26). The normalized spacial score (nSPS) is 18.3. The fraction of sp³-hybridized carbons (Fsp3) is 0.286. The van der Waals surface area contributed by atoms with Crippen LogP contribution in [-0.4, -0.2) is 28.8 Å². The summed E-state index contributed by atoms with van der Waals surface area (Å²) in [6.07, 6.45) is 0.348. The molecular formula is C21H20N4O4S. The summed E-state index contributed by atoms with van der Waals surface area (Å²) in [6, 6.07) is 9.88. The highest BCUT2D eigenvalue weighted by atomic mass is 32.1. The van der Waals surface area contributed by atoms with Gasteiger partial charge in [0.05, 0.1) is 16.1 Å². The zero-order valence-corrected chi connectivity index (χ0v) is 17.1. The Morgan fingerprint density at radius 3 is 2.90 bits per heavy atom. The van der Waals surface area contributed by atoms with E-state index >= 15 is 0 Å². The van der Waals surface area contributed by atoms with Gasteiger partial charge < -0.3 is 15.1 Å². The molecule has 1 unspecified atom stereocenters. The third kappa shape index (κ3) is 3.06. The third-order valence-corrected chi connectivity index (χ3v) is 6.79. The van der Waals surface area contributed by atoms with Gasteiger partial charge in [-0.2, -0.15) is 0 Å². The number of nitrogens with zero attached hydrogens (tertiary/aromatic N) is 2. The largest absolute Gasteiger partial charge is 0.457 e. The van der Waals surface area contributed by atoms with Crippen LogP contribution in [0.25, 0.3) is 11.3 Å². The van der Waals surface area contributed by atoms with Crippen LogP contribution in [0.2, 0.25) is 0 Å². The fourth-order valence-corrected chi connectivity index (χ4v) is 5.39. The van der Waals surface area contributed by atoms with Crippen molar-refractivity contribution in [3.05, 3.63) is 68.3 Å². The summed E-state index contributed by atoms with van der Waals surface area (Å²) in [5.41, 5.74) is 2.27. The predicted octanol–water partition coefficient (Wildman–Crippen LogP) is 4.15. The number of amides is 1. The molecule has 0 saturated heterocycles. The number of nitro benzene ring substituents is 1. The monoisotopic (exact) mass is 424 g/mol. The van der Waals surface area contributed by atoms with Crippen molar-refractivity contribution in [1.29, 1.82) is 0 Å². The maximum atomic E-state index is 12.9. The second-order valence-electron chi connectivity index (χ2n) is 7.35. The van der Waals surface area contributed by atoms with Crippen molar-refractivity contribution < 1.29 is 14.1 Å². The highest BCUT2D eigenvalue weighted by Gasteiger charge is 2.34. The number of carbonyl (C=O) groups is 1. The number of para-hydroxylation sites is 1. The van der Waals surface area contributed by atoms with Crippen LogP contribution < -0.4 is 10.6 Å². The molecule has 1 aromatic carbocycles. The SMILES string of the molecule is CCN1CCc2c(sc3c2C(=O)NC(c2ccc(-c4ccccc4[N+](=O)[O-])o2)N3)C1. The maximum Gasteiger partial charge on any atom is 0.280 e. The number of rotatable bonds is 4. The molecule has 0 fully saturated rings. The molecule has 154 valence electrons. The van der Waals surface area contributed by atoms with Crippen molar-refractivity contribution in [2.24, 2.45) is 0 Å². The van der Waals surface area contributed by atoms with E-state index in [1.165, 1.54) is 10.9 Å². The first-order valence-electron chi connectivity index (χ1n) is 9.83. The van der Waals surface area contributed by atoms with Gasteiger partial charge in [0.2, 0.25) is 0 Å². The molecule has 0 aliphatic carbocycles. The van der Waals surface area contributed by atoms with E-state index in [0.717, 1.165) is 42.2 Å². The predicted molar refractivity (Wildman–Crippen MR) is 114 cm³/mol. The van der Waals surface area contributed by atoms with Crippen molar-refractivity contribution in [2.75, 3.05) is 18.4 Å². The molecule has 2 N–H and O–H groups in total. The molecule has 0 radical (unpaired) electrons. The first-order chi connectivity index (χ1) is 14.5. The molecular weight excluding hydrogens is 404 g/mol. The number of hydrogen-bond acceptors (Lipinski definition) is 7. The van der Waals surface area contributed by atoms with Crippen molar-refractivity contribution in [3.63, 3.8) is 0 Å². The Balaban J connectivity index is 1.44. The lowest BCUT2D eigenvalue weighted by atomic mass is 10.0. The van der Waals surface area contributed by atoms with Crippen molar-refractivity contribution in [2.45, 2.75) is 26.1 Å². The van der Waals surface area contributed by atoms with Gasteiger partial charge in [0.25, 0.3) is 11.6 Å². The first-order valence-corrected chi connectivity index (χ1v) is 10.6. The molecule has 0 saturated carbocycles. The Morgan fingerprint density at radius 1 is 1.27 bits per heavy atom. The number of hydrogen-bond donors (Lipinski definition) is 2. The molecule has 0 spiro atoms. The van der Waals surface area contributed by atoms with Crippen LogP contribution in [0.15, 0.2) is 40.8 Å². The van der Waals surface area contributed by atoms with Gasteiger partial charge in [-0.15, -0.1) is 11.3 Å². The molecule has 2 aromatic heterocycles. The van der Waals surface area contributed by atoms with Crippen LogP contribution in [-0.2, 0) is 13.0 Å². The van der Waals surface area contributed by atoms with Crippen LogP contribution in [0.1, 0.15) is 39.6 Å². The van der Waals surface area contributed by atoms with Gasteiger partial charge in [0.1, 0.15) is 16.5 Å². The third-order valence-electron chi connectivity index (χ3n) is 5.64. The molecule has 1 amide bonds. The van der Waals surface area contributed by atoms with Crippen LogP contribution >= 0.6 is 11.3 Å². The lowest BCUT2D eigenvalue weighted by Gasteiger charge is -2.27. The van der Waals surface area contributed by atoms with Gasteiger partial charge in [-0.3, -0.25) is 19.8 Å². The molecule has 2 aliphatic heterocycles. The van der Waals surface area contributed by atoms with E-state index in [1.54, 1.807) is 41.7 Å². The van der Waals surface area contributed by atoms with E-state index in [0.29, 0.717) is 17.1 Å². The molecule has 5 rings (SSSR count). The maximum absolute atomic E-state index is 12.9. The van der Waals surface area contributed by atoms with E-state index in [-0.39, 0.29) is 11.6 Å². The second-order valence-corrected chi connectivity index (χ2v) is 8.46. The number of nitro groups is 1. The van der Waals surface area contributed by atoms with Crippen molar-refractivity contribution >= 4 is 27.9 Å². The number of thiophene rings is 1. The highest BCUT2D eigenvalue weighted by molar-refractivity contribution is 7.16. The average molecular weight is 424 g/mol. The molecule has 4 heterocycles.